The molecule has 2 unspecified atom stereocenters. The highest BCUT2D eigenvalue weighted by Gasteiger charge is 2.38. The molecule has 11 heavy (non-hydrogen) atoms. The Hall–Kier alpha value is -0.120. The molecule has 0 N–H and O–H groups in total. The first kappa shape index (κ1) is 7.53. The van der Waals surface area contributed by atoms with E-state index in [9.17, 15) is 0 Å². The van der Waals surface area contributed by atoms with Crippen molar-refractivity contribution in [2.24, 2.45) is 0 Å². The molecule has 3 heteroatoms. The Kier molecular flexibility index (Phi) is 1.87. The first-order valence-corrected chi connectivity index (χ1v) is 4.24. The van der Waals surface area contributed by atoms with Gasteiger partial charge in [-0.3, -0.25) is 4.90 Å². The van der Waals surface area contributed by atoms with Crippen LogP contribution in [-0.2, 0) is 9.47 Å². The minimum Gasteiger partial charge on any atom is -0.348 e. The van der Waals surface area contributed by atoms with E-state index < -0.39 is 0 Å². The second kappa shape index (κ2) is 2.73. The monoisotopic (exact) mass is 157 g/mol. The van der Waals surface area contributed by atoms with Crippen LogP contribution in [0.15, 0.2) is 0 Å². The zero-order chi connectivity index (χ0) is 7.84. The summed E-state index contributed by atoms with van der Waals surface area (Å²) < 4.78 is 10.8. The van der Waals surface area contributed by atoms with Crippen LogP contribution < -0.4 is 0 Å². The fraction of sp³-hybridized carbons (Fsp3) is 1.00. The van der Waals surface area contributed by atoms with E-state index in [-0.39, 0.29) is 0 Å². The molecule has 0 spiro atoms. The first-order chi connectivity index (χ1) is 5.27. The van der Waals surface area contributed by atoms with Crippen LogP contribution in [0.4, 0.5) is 0 Å². The molecule has 0 aliphatic carbocycles. The van der Waals surface area contributed by atoms with Crippen LogP contribution in [0.25, 0.3) is 0 Å². The lowest BCUT2D eigenvalue weighted by atomic mass is 10.3. The molecule has 0 amide bonds. The van der Waals surface area contributed by atoms with Gasteiger partial charge in [0.15, 0.2) is 0 Å². The molecule has 0 radical (unpaired) electrons. The van der Waals surface area contributed by atoms with Crippen LogP contribution in [0, 0.1) is 0 Å². The van der Waals surface area contributed by atoms with Gasteiger partial charge in [0.25, 0.3) is 0 Å². The average Bonchev–Trinajstić information content (AvgIpc) is 2.40. The molecule has 2 fully saturated rings. The van der Waals surface area contributed by atoms with Gasteiger partial charge in [-0.1, -0.05) is 0 Å². The average molecular weight is 157 g/mol. The Bertz CT molecular complexity index is 137. The van der Waals surface area contributed by atoms with Crippen LogP contribution in [-0.4, -0.2) is 43.0 Å². The Morgan fingerprint density at radius 1 is 1.18 bits per heavy atom. The topological polar surface area (TPSA) is 21.7 Å². The van der Waals surface area contributed by atoms with Crippen LogP contribution in [0.1, 0.15) is 13.8 Å². The lowest BCUT2D eigenvalue weighted by molar-refractivity contribution is 0.0113. The molecule has 2 aliphatic rings. The molecule has 2 rings (SSSR count). The van der Waals surface area contributed by atoms with Crippen molar-refractivity contribution in [3.8, 4) is 0 Å². The highest BCUT2D eigenvalue weighted by molar-refractivity contribution is 4.89. The van der Waals surface area contributed by atoms with E-state index in [1.54, 1.807) is 0 Å². The van der Waals surface area contributed by atoms with Gasteiger partial charge in [0.05, 0.1) is 0 Å². The maximum Gasteiger partial charge on any atom is 0.147 e. The maximum atomic E-state index is 5.39. The van der Waals surface area contributed by atoms with E-state index in [2.05, 4.69) is 18.7 Å². The van der Waals surface area contributed by atoms with Gasteiger partial charge in [-0.05, 0) is 13.8 Å². The minimum absolute atomic E-state index is 0.345. The highest BCUT2D eigenvalue weighted by Crippen LogP contribution is 2.23. The number of likely N-dealkylation sites (tertiary alicyclic amines) is 1. The van der Waals surface area contributed by atoms with Crippen molar-refractivity contribution in [1.82, 2.24) is 4.90 Å². The summed E-state index contributed by atoms with van der Waals surface area (Å²) in [6.07, 6.45) is 0.690. The van der Waals surface area contributed by atoms with Crippen molar-refractivity contribution in [1.29, 1.82) is 0 Å². The van der Waals surface area contributed by atoms with E-state index in [1.165, 1.54) is 0 Å². The van der Waals surface area contributed by atoms with Gasteiger partial charge in [0.1, 0.15) is 19.0 Å². The summed E-state index contributed by atoms with van der Waals surface area (Å²) in [5, 5.41) is 0. The zero-order valence-corrected chi connectivity index (χ0v) is 7.12. The van der Waals surface area contributed by atoms with Crippen molar-refractivity contribution in [2.75, 3.05) is 19.9 Å². The minimum atomic E-state index is 0.345. The van der Waals surface area contributed by atoms with Gasteiger partial charge >= 0.3 is 0 Å². The quantitative estimate of drug-likeness (QED) is 0.551. The predicted octanol–water partition coefficient (Wildman–Crippen LogP) is 0.452. The first-order valence-electron chi connectivity index (χ1n) is 4.24. The van der Waals surface area contributed by atoms with E-state index in [0.29, 0.717) is 25.0 Å². The van der Waals surface area contributed by atoms with Crippen molar-refractivity contribution < 1.29 is 9.47 Å². The van der Waals surface area contributed by atoms with E-state index in [1.807, 2.05) is 0 Å². The summed E-state index contributed by atoms with van der Waals surface area (Å²) in [6, 6.07) is 0.618. The summed E-state index contributed by atoms with van der Waals surface area (Å²) in [7, 11) is 0. The summed E-state index contributed by atoms with van der Waals surface area (Å²) in [6.45, 7) is 7.01. The molecule has 2 saturated heterocycles. The molecular weight excluding hydrogens is 142 g/mol. The van der Waals surface area contributed by atoms with Crippen molar-refractivity contribution in [3.05, 3.63) is 0 Å². The second-order valence-corrected chi connectivity index (χ2v) is 3.58. The SMILES string of the molecule is CC(C)N1CC2OCOC2C1. The number of hydrogen-bond acceptors (Lipinski definition) is 3. The molecule has 0 aromatic carbocycles. The van der Waals surface area contributed by atoms with Gasteiger partial charge < -0.3 is 9.47 Å². The Morgan fingerprint density at radius 3 is 2.18 bits per heavy atom. The molecule has 0 aromatic rings. The normalized spacial score (nSPS) is 38.5. The summed E-state index contributed by atoms with van der Waals surface area (Å²) in [4.78, 5) is 2.40. The summed E-state index contributed by atoms with van der Waals surface area (Å²) in [5.74, 6) is 0. The fourth-order valence-corrected chi connectivity index (χ4v) is 1.73. The highest BCUT2D eigenvalue weighted by atomic mass is 16.7. The molecular formula is C8H15NO2. The van der Waals surface area contributed by atoms with Gasteiger partial charge in [-0.2, -0.15) is 0 Å². The number of nitrogens with zero attached hydrogens (tertiary/aromatic N) is 1. The molecule has 2 heterocycles. The number of ether oxygens (including phenoxy) is 2. The molecule has 2 aliphatic heterocycles. The molecule has 0 bridgehead atoms. The number of fused-ring (bicyclic) bond motifs is 1. The van der Waals surface area contributed by atoms with Gasteiger partial charge in [0.2, 0.25) is 0 Å². The second-order valence-electron chi connectivity index (χ2n) is 3.58. The van der Waals surface area contributed by atoms with E-state index in [0.717, 1.165) is 13.1 Å². The van der Waals surface area contributed by atoms with Crippen molar-refractivity contribution >= 4 is 0 Å². The Balaban J connectivity index is 1.94. The molecule has 64 valence electrons. The maximum absolute atomic E-state index is 5.39. The summed E-state index contributed by atoms with van der Waals surface area (Å²) >= 11 is 0. The van der Waals surface area contributed by atoms with Crippen LogP contribution in [0.2, 0.25) is 0 Å². The third-order valence-electron chi connectivity index (χ3n) is 2.54. The smallest absolute Gasteiger partial charge is 0.147 e. The van der Waals surface area contributed by atoms with E-state index >= 15 is 0 Å². The van der Waals surface area contributed by atoms with Crippen LogP contribution in [0.3, 0.4) is 0 Å². The predicted molar refractivity (Wildman–Crippen MR) is 41.3 cm³/mol. The van der Waals surface area contributed by atoms with Crippen molar-refractivity contribution in [3.63, 3.8) is 0 Å². The molecule has 2 atom stereocenters. The standard InChI is InChI=1S/C8H15NO2/c1-6(2)9-3-7-8(4-9)11-5-10-7/h6-8H,3-5H2,1-2H3. The van der Waals surface area contributed by atoms with Crippen molar-refractivity contribution in [2.45, 2.75) is 32.1 Å². The van der Waals surface area contributed by atoms with Crippen LogP contribution in [0.5, 0.6) is 0 Å². The number of hydrogen-bond donors (Lipinski definition) is 0. The number of rotatable bonds is 1. The third kappa shape index (κ3) is 1.28. The lowest BCUT2D eigenvalue weighted by Crippen LogP contribution is -2.30. The van der Waals surface area contributed by atoms with Gasteiger partial charge in [0, 0.05) is 19.1 Å². The Morgan fingerprint density at radius 2 is 1.73 bits per heavy atom. The summed E-state index contributed by atoms with van der Waals surface area (Å²) in [5.41, 5.74) is 0. The molecule has 0 saturated carbocycles. The van der Waals surface area contributed by atoms with Gasteiger partial charge in [-0.15, -0.1) is 0 Å². The Labute approximate surface area is 67.3 Å². The largest absolute Gasteiger partial charge is 0.348 e. The molecule has 3 nitrogen and oxygen atoms in total. The third-order valence-corrected chi connectivity index (χ3v) is 2.54. The molecule has 0 aromatic heterocycles. The van der Waals surface area contributed by atoms with E-state index in [4.69, 9.17) is 9.47 Å². The lowest BCUT2D eigenvalue weighted by Gasteiger charge is -2.20. The van der Waals surface area contributed by atoms with Crippen LogP contribution >= 0.6 is 0 Å². The zero-order valence-electron chi connectivity index (χ0n) is 7.12. The fourth-order valence-electron chi connectivity index (χ4n) is 1.73. The van der Waals surface area contributed by atoms with Gasteiger partial charge in [-0.25, -0.2) is 0 Å².